The summed E-state index contributed by atoms with van der Waals surface area (Å²) in [4.78, 5) is 25.2. The molecule has 4 nitrogen and oxygen atoms in total. The molecule has 0 saturated carbocycles. The molecule has 1 aliphatic heterocycles. The van der Waals surface area contributed by atoms with Crippen LogP contribution in [0.2, 0.25) is 0 Å². The van der Waals surface area contributed by atoms with Crippen LogP contribution in [0.15, 0.2) is 0 Å². The van der Waals surface area contributed by atoms with Crippen LogP contribution in [0.3, 0.4) is 0 Å². The Balaban J connectivity index is 2.13. The molecule has 0 aliphatic carbocycles. The van der Waals surface area contributed by atoms with E-state index in [-0.39, 0.29) is 24.4 Å². The van der Waals surface area contributed by atoms with Gasteiger partial charge in [-0.25, -0.2) is 0 Å². The zero-order valence-corrected chi connectivity index (χ0v) is 13.1. The average Bonchev–Trinajstić information content (AvgIpc) is 2.53. The predicted octanol–water partition coefficient (Wildman–Crippen LogP) is 2.86. The number of amides is 2. The average molecular weight is 282 g/mol. The summed E-state index contributed by atoms with van der Waals surface area (Å²) in [5, 5.41) is 2.65. The van der Waals surface area contributed by atoms with Gasteiger partial charge in [-0.2, -0.15) is 0 Å². The first-order chi connectivity index (χ1) is 9.65. The summed E-state index contributed by atoms with van der Waals surface area (Å²) in [6, 6.07) is 0.0366. The molecule has 1 rings (SSSR count). The summed E-state index contributed by atoms with van der Waals surface area (Å²) >= 11 is 0. The van der Waals surface area contributed by atoms with Crippen LogP contribution in [0.1, 0.15) is 71.6 Å². The van der Waals surface area contributed by atoms with E-state index in [0.717, 1.165) is 13.0 Å². The highest BCUT2D eigenvalue weighted by atomic mass is 16.2. The minimum atomic E-state index is -0.00993. The van der Waals surface area contributed by atoms with Gasteiger partial charge in [0.15, 0.2) is 0 Å². The van der Waals surface area contributed by atoms with Crippen molar-refractivity contribution in [2.45, 2.75) is 77.7 Å². The van der Waals surface area contributed by atoms with Crippen molar-refractivity contribution in [2.24, 2.45) is 0 Å². The molecule has 0 spiro atoms. The Bertz CT molecular complexity index is 305. The summed E-state index contributed by atoms with van der Waals surface area (Å²) in [6.07, 6.45) is 10.6. The summed E-state index contributed by atoms with van der Waals surface area (Å²) < 4.78 is 0. The standard InChI is InChI=1S/C16H30N2O2/c1-3-4-5-6-7-8-9-10-11-18-14(2)12-15(19)17-13-16(18)20/h14H,3-13H2,1-2H3,(H,17,19). The molecule has 20 heavy (non-hydrogen) atoms. The summed E-state index contributed by atoms with van der Waals surface area (Å²) in [7, 11) is 0. The molecule has 1 heterocycles. The molecule has 1 aliphatic rings. The first kappa shape index (κ1) is 17.0. The Hall–Kier alpha value is -1.06. The molecule has 1 atom stereocenters. The largest absolute Gasteiger partial charge is 0.347 e. The van der Waals surface area contributed by atoms with Gasteiger partial charge in [0.25, 0.3) is 0 Å². The molecule has 2 amide bonds. The first-order valence-corrected chi connectivity index (χ1v) is 8.21. The van der Waals surface area contributed by atoms with Crippen LogP contribution >= 0.6 is 0 Å². The molecule has 1 fully saturated rings. The molecule has 1 unspecified atom stereocenters. The van der Waals surface area contributed by atoms with E-state index in [0.29, 0.717) is 6.42 Å². The van der Waals surface area contributed by atoms with Crippen LogP contribution in [0.4, 0.5) is 0 Å². The molecule has 1 N–H and O–H groups in total. The van der Waals surface area contributed by atoms with Crippen molar-refractivity contribution >= 4 is 11.8 Å². The molecule has 116 valence electrons. The Morgan fingerprint density at radius 3 is 2.30 bits per heavy atom. The number of rotatable bonds is 9. The van der Waals surface area contributed by atoms with Gasteiger partial charge in [-0.05, 0) is 13.3 Å². The molecule has 4 heteroatoms. The SMILES string of the molecule is CCCCCCCCCCN1C(=O)CNC(=O)CC1C. The lowest BCUT2D eigenvalue weighted by molar-refractivity contribution is -0.131. The van der Waals surface area contributed by atoms with E-state index < -0.39 is 0 Å². The number of carbonyl (C=O) groups excluding carboxylic acids is 2. The van der Waals surface area contributed by atoms with Crippen LogP contribution < -0.4 is 5.32 Å². The number of nitrogens with one attached hydrogen (secondary N) is 1. The van der Waals surface area contributed by atoms with Crippen LogP contribution in [-0.4, -0.2) is 35.8 Å². The third-order valence-corrected chi connectivity index (χ3v) is 4.02. The molecule has 0 radical (unpaired) electrons. The topological polar surface area (TPSA) is 49.4 Å². The molecule has 0 aromatic rings. The number of carbonyl (C=O) groups is 2. The molecule has 0 bridgehead atoms. The third-order valence-electron chi connectivity index (χ3n) is 4.02. The second-order valence-electron chi connectivity index (χ2n) is 5.89. The van der Waals surface area contributed by atoms with Crippen molar-refractivity contribution in [1.29, 1.82) is 0 Å². The Kier molecular flexibility index (Phi) is 8.31. The van der Waals surface area contributed by atoms with Crippen molar-refractivity contribution in [3.05, 3.63) is 0 Å². The minimum Gasteiger partial charge on any atom is -0.347 e. The van der Waals surface area contributed by atoms with E-state index in [4.69, 9.17) is 0 Å². The highest BCUT2D eigenvalue weighted by Crippen LogP contribution is 2.12. The van der Waals surface area contributed by atoms with Gasteiger partial charge in [-0.1, -0.05) is 51.9 Å². The lowest BCUT2D eigenvalue weighted by Gasteiger charge is -2.26. The number of hydrogen-bond acceptors (Lipinski definition) is 2. The van der Waals surface area contributed by atoms with Gasteiger partial charge in [-0.15, -0.1) is 0 Å². The smallest absolute Gasteiger partial charge is 0.242 e. The highest BCUT2D eigenvalue weighted by molar-refractivity contribution is 5.87. The van der Waals surface area contributed by atoms with Gasteiger partial charge >= 0.3 is 0 Å². The zero-order valence-electron chi connectivity index (χ0n) is 13.1. The fourth-order valence-corrected chi connectivity index (χ4v) is 2.73. The third kappa shape index (κ3) is 6.40. The summed E-state index contributed by atoms with van der Waals surface area (Å²) in [5.74, 6) is 0.0515. The maximum absolute atomic E-state index is 11.9. The molecular formula is C16H30N2O2. The van der Waals surface area contributed by atoms with Gasteiger partial charge < -0.3 is 10.2 Å². The van der Waals surface area contributed by atoms with Gasteiger partial charge in [0.05, 0.1) is 6.54 Å². The Morgan fingerprint density at radius 1 is 1.05 bits per heavy atom. The minimum absolute atomic E-state index is 0.00993. The van der Waals surface area contributed by atoms with Gasteiger partial charge in [0.1, 0.15) is 0 Å². The lowest BCUT2D eigenvalue weighted by atomic mass is 10.1. The van der Waals surface area contributed by atoms with Crippen LogP contribution in [0, 0.1) is 0 Å². The first-order valence-electron chi connectivity index (χ1n) is 8.21. The highest BCUT2D eigenvalue weighted by Gasteiger charge is 2.25. The van der Waals surface area contributed by atoms with Crippen molar-refractivity contribution < 1.29 is 9.59 Å². The summed E-state index contributed by atoms with van der Waals surface area (Å²) in [5.41, 5.74) is 0. The normalized spacial score (nSPS) is 19.9. The van der Waals surface area contributed by atoms with Gasteiger partial charge in [0, 0.05) is 19.0 Å². The Morgan fingerprint density at radius 2 is 1.65 bits per heavy atom. The summed E-state index contributed by atoms with van der Waals surface area (Å²) in [6.45, 7) is 5.16. The fraction of sp³-hybridized carbons (Fsp3) is 0.875. The maximum Gasteiger partial charge on any atom is 0.242 e. The van der Waals surface area contributed by atoms with E-state index in [2.05, 4.69) is 12.2 Å². The van der Waals surface area contributed by atoms with Crippen molar-refractivity contribution in [2.75, 3.05) is 13.1 Å². The number of nitrogens with zero attached hydrogens (tertiary/aromatic N) is 1. The maximum atomic E-state index is 11.9. The van der Waals surface area contributed by atoms with Gasteiger partial charge in [0.2, 0.25) is 11.8 Å². The molecular weight excluding hydrogens is 252 g/mol. The van der Waals surface area contributed by atoms with E-state index in [9.17, 15) is 9.59 Å². The van der Waals surface area contributed by atoms with E-state index >= 15 is 0 Å². The lowest BCUT2D eigenvalue weighted by Crippen LogP contribution is -2.40. The molecule has 1 saturated heterocycles. The van der Waals surface area contributed by atoms with E-state index in [1.165, 1.54) is 44.9 Å². The predicted molar refractivity (Wildman–Crippen MR) is 81.4 cm³/mol. The van der Waals surface area contributed by atoms with Gasteiger partial charge in [-0.3, -0.25) is 9.59 Å². The van der Waals surface area contributed by atoms with Crippen LogP contribution in [-0.2, 0) is 9.59 Å². The Labute approximate surface area is 123 Å². The monoisotopic (exact) mass is 282 g/mol. The van der Waals surface area contributed by atoms with Crippen molar-refractivity contribution in [1.82, 2.24) is 10.2 Å². The number of unbranched alkanes of at least 4 members (excludes halogenated alkanes) is 7. The molecule has 0 aromatic carbocycles. The van der Waals surface area contributed by atoms with E-state index in [1.54, 1.807) is 0 Å². The fourth-order valence-electron chi connectivity index (χ4n) is 2.73. The van der Waals surface area contributed by atoms with Crippen LogP contribution in [0.5, 0.6) is 0 Å². The quantitative estimate of drug-likeness (QED) is 0.661. The second kappa shape index (κ2) is 9.78. The molecule has 0 aromatic heterocycles. The van der Waals surface area contributed by atoms with Crippen molar-refractivity contribution in [3.8, 4) is 0 Å². The van der Waals surface area contributed by atoms with Crippen LogP contribution in [0.25, 0.3) is 0 Å². The second-order valence-corrected chi connectivity index (χ2v) is 5.89. The zero-order chi connectivity index (χ0) is 14.8. The van der Waals surface area contributed by atoms with Crippen molar-refractivity contribution in [3.63, 3.8) is 0 Å². The van der Waals surface area contributed by atoms with E-state index in [1.807, 2.05) is 11.8 Å². The number of hydrogen-bond donors (Lipinski definition) is 1.